The van der Waals surface area contributed by atoms with E-state index in [2.05, 4.69) is 11.9 Å². The van der Waals surface area contributed by atoms with E-state index >= 15 is 0 Å². The first-order chi connectivity index (χ1) is 5.24. The Morgan fingerprint density at radius 1 is 1.55 bits per heavy atom. The van der Waals surface area contributed by atoms with Crippen LogP contribution in [0.5, 0.6) is 0 Å². The van der Waals surface area contributed by atoms with Crippen molar-refractivity contribution in [3.63, 3.8) is 0 Å². The molecule has 0 N–H and O–H groups in total. The van der Waals surface area contributed by atoms with Crippen LogP contribution in [-0.4, -0.2) is 11.6 Å². The van der Waals surface area contributed by atoms with Gasteiger partial charge in [-0.05, 0) is 44.4 Å². The molecule has 0 amide bonds. The zero-order valence-electron chi connectivity index (χ0n) is 6.84. The van der Waals surface area contributed by atoms with E-state index in [0.29, 0.717) is 5.92 Å². The van der Waals surface area contributed by atoms with Gasteiger partial charge in [0.05, 0.1) is 5.54 Å². The Labute approximate surface area is 66.7 Å². The fraction of sp³-hybridized carbons (Fsp3) is 0.889. The minimum Gasteiger partial charge on any atom is -0.211 e. The minimum atomic E-state index is -0.0370. The Morgan fingerprint density at radius 3 is 2.82 bits per heavy atom. The number of rotatable bonds is 1. The van der Waals surface area contributed by atoms with Gasteiger partial charge in [0.2, 0.25) is 6.08 Å². The second-order valence-electron chi connectivity index (χ2n) is 4.14. The van der Waals surface area contributed by atoms with E-state index < -0.39 is 0 Å². The molecule has 2 aliphatic rings. The van der Waals surface area contributed by atoms with Gasteiger partial charge in [0, 0.05) is 0 Å². The van der Waals surface area contributed by atoms with Crippen molar-refractivity contribution < 1.29 is 4.79 Å². The summed E-state index contributed by atoms with van der Waals surface area (Å²) >= 11 is 0. The third-order valence-electron chi connectivity index (χ3n) is 3.42. The molecule has 2 heteroatoms. The SMILES string of the molecule is C[C@@]1(N=C=O)C[C@H]2CC[C@@H]1C2. The summed E-state index contributed by atoms with van der Waals surface area (Å²) in [6.45, 7) is 2.10. The van der Waals surface area contributed by atoms with E-state index in [1.54, 1.807) is 6.08 Å². The highest BCUT2D eigenvalue weighted by atomic mass is 16.1. The van der Waals surface area contributed by atoms with E-state index in [1.165, 1.54) is 19.3 Å². The molecule has 0 aliphatic heterocycles. The molecule has 2 nitrogen and oxygen atoms in total. The van der Waals surface area contributed by atoms with Gasteiger partial charge >= 0.3 is 0 Å². The summed E-state index contributed by atoms with van der Waals surface area (Å²) in [4.78, 5) is 14.1. The first-order valence-corrected chi connectivity index (χ1v) is 4.33. The average Bonchev–Trinajstić information content (AvgIpc) is 2.45. The van der Waals surface area contributed by atoms with Crippen LogP contribution in [0.15, 0.2) is 4.99 Å². The fourth-order valence-electron chi connectivity index (χ4n) is 2.82. The molecule has 60 valence electrons. The average molecular weight is 151 g/mol. The van der Waals surface area contributed by atoms with Crippen molar-refractivity contribution in [1.82, 2.24) is 0 Å². The molecule has 0 saturated heterocycles. The number of nitrogens with zero attached hydrogens (tertiary/aromatic N) is 1. The van der Waals surface area contributed by atoms with Crippen molar-refractivity contribution in [2.24, 2.45) is 16.8 Å². The predicted octanol–water partition coefficient (Wildman–Crippen LogP) is 1.90. The van der Waals surface area contributed by atoms with Crippen molar-refractivity contribution in [2.75, 3.05) is 0 Å². The molecule has 2 bridgehead atoms. The summed E-state index contributed by atoms with van der Waals surface area (Å²) in [6, 6.07) is 0. The number of hydrogen-bond acceptors (Lipinski definition) is 2. The molecule has 0 heterocycles. The Hall–Kier alpha value is -0.620. The zero-order chi connectivity index (χ0) is 7.90. The maximum absolute atomic E-state index is 10.2. The second-order valence-corrected chi connectivity index (χ2v) is 4.14. The molecule has 2 fully saturated rings. The van der Waals surface area contributed by atoms with E-state index in [-0.39, 0.29) is 5.54 Å². The molecule has 0 radical (unpaired) electrons. The van der Waals surface area contributed by atoms with Gasteiger partial charge in [-0.1, -0.05) is 0 Å². The van der Waals surface area contributed by atoms with Crippen LogP contribution in [0.1, 0.15) is 32.6 Å². The number of hydrogen-bond donors (Lipinski definition) is 0. The van der Waals surface area contributed by atoms with E-state index in [0.717, 1.165) is 12.3 Å². The summed E-state index contributed by atoms with van der Waals surface area (Å²) in [5.74, 6) is 1.52. The number of fused-ring (bicyclic) bond motifs is 2. The van der Waals surface area contributed by atoms with Crippen LogP contribution in [0.4, 0.5) is 0 Å². The lowest BCUT2D eigenvalue weighted by molar-refractivity contribution is 0.299. The monoisotopic (exact) mass is 151 g/mol. The van der Waals surface area contributed by atoms with Gasteiger partial charge in [-0.25, -0.2) is 4.79 Å². The van der Waals surface area contributed by atoms with Crippen LogP contribution in [0, 0.1) is 11.8 Å². The molecule has 0 aromatic rings. The molecule has 2 rings (SSSR count). The van der Waals surface area contributed by atoms with Gasteiger partial charge in [-0.15, -0.1) is 0 Å². The smallest absolute Gasteiger partial charge is 0.211 e. The van der Waals surface area contributed by atoms with Gasteiger partial charge in [-0.2, -0.15) is 4.99 Å². The molecule has 0 unspecified atom stereocenters. The minimum absolute atomic E-state index is 0.0370. The first-order valence-electron chi connectivity index (χ1n) is 4.33. The van der Waals surface area contributed by atoms with Gasteiger partial charge in [-0.3, -0.25) is 0 Å². The van der Waals surface area contributed by atoms with Gasteiger partial charge in [0.1, 0.15) is 0 Å². The molecular formula is C9H13NO. The highest BCUT2D eigenvalue weighted by Gasteiger charge is 2.48. The lowest BCUT2D eigenvalue weighted by Gasteiger charge is -2.27. The first kappa shape index (κ1) is 7.05. The Balaban J connectivity index is 2.22. The molecule has 3 atom stereocenters. The lowest BCUT2D eigenvalue weighted by Crippen LogP contribution is -2.28. The van der Waals surface area contributed by atoms with Crippen LogP contribution < -0.4 is 0 Å². The van der Waals surface area contributed by atoms with Crippen LogP contribution in [0.3, 0.4) is 0 Å². The molecule has 2 saturated carbocycles. The standard InChI is InChI=1S/C9H13NO/c1-9(10-6-11)5-7-2-3-8(9)4-7/h7-8H,2-5H2,1H3/t7-,8+,9+/m0/s1. The van der Waals surface area contributed by atoms with E-state index in [1.807, 2.05) is 0 Å². The van der Waals surface area contributed by atoms with Crippen molar-refractivity contribution in [3.8, 4) is 0 Å². The van der Waals surface area contributed by atoms with Crippen LogP contribution >= 0.6 is 0 Å². The number of isocyanates is 1. The number of carbonyl (C=O) groups excluding carboxylic acids is 1. The Kier molecular flexibility index (Phi) is 1.40. The fourth-order valence-corrected chi connectivity index (χ4v) is 2.82. The molecule has 0 aromatic carbocycles. The predicted molar refractivity (Wildman–Crippen MR) is 42.0 cm³/mol. The third kappa shape index (κ3) is 0.935. The normalized spacial score (nSPS) is 47.4. The number of aliphatic imine (C=N–C) groups is 1. The van der Waals surface area contributed by atoms with Crippen molar-refractivity contribution >= 4 is 6.08 Å². The van der Waals surface area contributed by atoms with Crippen LogP contribution in [-0.2, 0) is 4.79 Å². The maximum Gasteiger partial charge on any atom is 0.235 e. The largest absolute Gasteiger partial charge is 0.235 e. The van der Waals surface area contributed by atoms with Gasteiger partial charge in [0.25, 0.3) is 0 Å². The summed E-state index contributed by atoms with van der Waals surface area (Å²) in [5, 5.41) is 0. The van der Waals surface area contributed by atoms with Gasteiger partial charge in [0.15, 0.2) is 0 Å². The molecule has 0 spiro atoms. The van der Waals surface area contributed by atoms with E-state index in [4.69, 9.17) is 0 Å². The summed E-state index contributed by atoms with van der Waals surface area (Å²) in [7, 11) is 0. The van der Waals surface area contributed by atoms with Crippen molar-refractivity contribution in [2.45, 2.75) is 38.1 Å². The van der Waals surface area contributed by atoms with Crippen LogP contribution in [0.2, 0.25) is 0 Å². The molecular weight excluding hydrogens is 138 g/mol. The highest BCUT2D eigenvalue weighted by molar-refractivity contribution is 5.35. The van der Waals surface area contributed by atoms with Crippen molar-refractivity contribution in [1.29, 1.82) is 0 Å². The quantitative estimate of drug-likeness (QED) is 0.415. The topological polar surface area (TPSA) is 29.4 Å². The molecule has 11 heavy (non-hydrogen) atoms. The second kappa shape index (κ2) is 2.18. The summed E-state index contributed by atoms with van der Waals surface area (Å²) in [6.07, 6.45) is 6.75. The van der Waals surface area contributed by atoms with Crippen LogP contribution in [0.25, 0.3) is 0 Å². The van der Waals surface area contributed by atoms with Crippen molar-refractivity contribution in [3.05, 3.63) is 0 Å². The molecule has 2 aliphatic carbocycles. The third-order valence-corrected chi connectivity index (χ3v) is 3.42. The maximum atomic E-state index is 10.2. The summed E-state index contributed by atoms with van der Waals surface area (Å²) < 4.78 is 0. The summed E-state index contributed by atoms with van der Waals surface area (Å²) in [5.41, 5.74) is -0.0370. The Morgan fingerprint density at radius 2 is 2.36 bits per heavy atom. The van der Waals surface area contributed by atoms with Gasteiger partial charge < -0.3 is 0 Å². The molecule has 0 aromatic heterocycles. The Bertz CT molecular complexity index is 220. The zero-order valence-corrected chi connectivity index (χ0v) is 6.84. The van der Waals surface area contributed by atoms with E-state index in [9.17, 15) is 4.79 Å². The highest BCUT2D eigenvalue weighted by Crippen LogP contribution is 2.52. The lowest BCUT2D eigenvalue weighted by atomic mass is 9.83.